The summed E-state index contributed by atoms with van der Waals surface area (Å²) in [5.41, 5.74) is 7.80. The van der Waals surface area contributed by atoms with Crippen molar-refractivity contribution in [3.05, 3.63) is 52.7 Å². The van der Waals surface area contributed by atoms with Crippen LogP contribution in [0.3, 0.4) is 0 Å². The maximum atomic E-state index is 13.6. The van der Waals surface area contributed by atoms with Gasteiger partial charge in [0.05, 0.1) is 5.56 Å². The molecule has 0 aliphatic carbocycles. The first kappa shape index (κ1) is 13.6. The molecule has 3 rings (SSSR count). The van der Waals surface area contributed by atoms with E-state index in [9.17, 15) is 9.18 Å². The molecule has 2 heterocycles. The lowest BCUT2D eigenvalue weighted by atomic mass is 9.97. The SMILES string of the molecule is Cc1nc(F)c(Cl)c(C(N)=O)c1-c1ccc2[nH]ccc2c1. The number of aromatic nitrogens is 2. The lowest BCUT2D eigenvalue weighted by Crippen LogP contribution is -2.15. The largest absolute Gasteiger partial charge is 0.366 e. The van der Waals surface area contributed by atoms with Crippen LogP contribution < -0.4 is 5.73 Å². The van der Waals surface area contributed by atoms with E-state index in [2.05, 4.69) is 9.97 Å². The fourth-order valence-electron chi connectivity index (χ4n) is 2.44. The summed E-state index contributed by atoms with van der Waals surface area (Å²) in [4.78, 5) is 18.5. The van der Waals surface area contributed by atoms with Gasteiger partial charge in [-0.2, -0.15) is 4.39 Å². The predicted molar refractivity (Wildman–Crippen MR) is 79.8 cm³/mol. The standard InChI is InChI=1S/C15H11ClFN3O/c1-7-11(12(15(18)21)13(16)14(17)20-7)9-2-3-10-8(6-9)4-5-19-10/h2-6,19H,1H3,(H2,18,21). The zero-order chi connectivity index (χ0) is 15.1. The summed E-state index contributed by atoms with van der Waals surface area (Å²) in [5.74, 6) is -1.68. The van der Waals surface area contributed by atoms with Gasteiger partial charge in [0.2, 0.25) is 5.95 Å². The highest BCUT2D eigenvalue weighted by Gasteiger charge is 2.22. The van der Waals surface area contributed by atoms with Gasteiger partial charge in [0.25, 0.3) is 5.91 Å². The first-order chi connectivity index (χ1) is 9.99. The molecule has 3 aromatic rings. The van der Waals surface area contributed by atoms with E-state index in [0.717, 1.165) is 10.9 Å². The third-order valence-corrected chi connectivity index (χ3v) is 3.71. The number of nitrogens with zero attached hydrogens (tertiary/aromatic N) is 1. The van der Waals surface area contributed by atoms with Crippen molar-refractivity contribution in [2.24, 2.45) is 5.73 Å². The molecule has 21 heavy (non-hydrogen) atoms. The molecule has 0 aliphatic rings. The minimum atomic E-state index is -0.894. The molecule has 0 unspecified atom stereocenters. The average Bonchev–Trinajstić information content (AvgIpc) is 2.89. The Balaban J connectivity index is 2.35. The van der Waals surface area contributed by atoms with Crippen LogP contribution in [0.25, 0.3) is 22.0 Å². The highest BCUT2D eigenvalue weighted by Crippen LogP contribution is 2.33. The van der Waals surface area contributed by atoms with Crippen LogP contribution in [0.15, 0.2) is 30.5 Å². The number of aromatic amines is 1. The van der Waals surface area contributed by atoms with Gasteiger partial charge in [-0.1, -0.05) is 17.7 Å². The molecule has 0 fully saturated rings. The zero-order valence-corrected chi connectivity index (χ0v) is 11.8. The Morgan fingerprint density at radius 2 is 2.14 bits per heavy atom. The van der Waals surface area contributed by atoms with Gasteiger partial charge in [-0.3, -0.25) is 4.79 Å². The Hall–Kier alpha value is -2.40. The highest BCUT2D eigenvalue weighted by atomic mass is 35.5. The van der Waals surface area contributed by atoms with Crippen molar-refractivity contribution in [2.45, 2.75) is 6.92 Å². The van der Waals surface area contributed by atoms with Crippen molar-refractivity contribution in [2.75, 3.05) is 0 Å². The number of H-pyrrole nitrogens is 1. The van der Waals surface area contributed by atoms with E-state index < -0.39 is 11.9 Å². The van der Waals surface area contributed by atoms with Crippen LogP contribution in [0.1, 0.15) is 16.1 Å². The second kappa shape index (κ2) is 4.86. The number of halogens is 2. The van der Waals surface area contributed by atoms with E-state index in [4.69, 9.17) is 17.3 Å². The summed E-state index contributed by atoms with van der Waals surface area (Å²) in [7, 11) is 0. The van der Waals surface area contributed by atoms with Gasteiger partial charge < -0.3 is 10.7 Å². The van der Waals surface area contributed by atoms with E-state index in [1.807, 2.05) is 30.5 Å². The number of hydrogen-bond acceptors (Lipinski definition) is 2. The minimum absolute atomic E-state index is 0.0449. The molecule has 0 aliphatic heterocycles. The molecule has 0 atom stereocenters. The lowest BCUT2D eigenvalue weighted by Gasteiger charge is -2.12. The molecule has 0 saturated heterocycles. The summed E-state index contributed by atoms with van der Waals surface area (Å²) in [6.45, 7) is 1.61. The third kappa shape index (κ3) is 2.15. The van der Waals surface area contributed by atoms with Crippen LogP contribution in [0.4, 0.5) is 4.39 Å². The maximum Gasteiger partial charge on any atom is 0.251 e. The summed E-state index contributed by atoms with van der Waals surface area (Å²) in [6, 6.07) is 7.45. The van der Waals surface area contributed by atoms with Crippen molar-refractivity contribution >= 4 is 28.4 Å². The first-order valence-corrected chi connectivity index (χ1v) is 6.59. The molecule has 1 aromatic carbocycles. The highest BCUT2D eigenvalue weighted by molar-refractivity contribution is 6.34. The number of benzene rings is 1. The number of primary amides is 1. The van der Waals surface area contributed by atoms with Crippen molar-refractivity contribution in [1.29, 1.82) is 0 Å². The summed E-state index contributed by atoms with van der Waals surface area (Å²) >= 11 is 5.87. The molecular formula is C15H11ClFN3O. The zero-order valence-electron chi connectivity index (χ0n) is 11.1. The van der Waals surface area contributed by atoms with Gasteiger partial charge in [-0.05, 0) is 36.1 Å². The topological polar surface area (TPSA) is 71.8 Å². The number of fused-ring (bicyclic) bond motifs is 1. The number of hydrogen-bond donors (Lipinski definition) is 2. The molecule has 0 bridgehead atoms. The second-order valence-corrected chi connectivity index (χ2v) is 5.07. The van der Waals surface area contributed by atoms with Crippen LogP contribution in [0, 0.1) is 12.9 Å². The van der Waals surface area contributed by atoms with Crippen LogP contribution in [0.5, 0.6) is 0 Å². The number of amides is 1. The lowest BCUT2D eigenvalue weighted by molar-refractivity contribution is 0.100. The molecular weight excluding hydrogens is 293 g/mol. The van der Waals surface area contributed by atoms with E-state index in [1.165, 1.54) is 0 Å². The summed E-state index contributed by atoms with van der Waals surface area (Å²) < 4.78 is 13.6. The average molecular weight is 304 g/mol. The van der Waals surface area contributed by atoms with Gasteiger partial charge in [-0.15, -0.1) is 0 Å². The Bertz CT molecular complexity index is 873. The van der Waals surface area contributed by atoms with E-state index in [1.54, 1.807) is 6.92 Å². The van der Waals surface area contributed by atoms with Crippen molar-refractivity contribution < 1.29 is 9.18 Å². The van der Waals surface area contributed by atoms with Crippen LogP contribution in [0.2, 0.25) is 5.02 Å². The fraction of sp³-hybridized carbons (Fsp3) is 0.0667. The summed E-state index contributed by atoms with van der Waals surface area (Å²) in [5, 5.41) is 0.611. The quantitative estimate of drug-likeness (QED) is 0.712. The van der Waals surface area contributed by atoms with Gasteiger partial charge in [-0.25, -0.2) is 4.98 Å². The predicted octanol–water partition coefficient (Wildman–Crippen LogP) is 3.43. The minimum Gasteiger partial charge on any atom is -0.366 e. The van der Waals surface area contributed by atoms with Crippen molar-refractivity contribution in [3.8, 4) is 11.1 Å². The van der Waals surface area contributed by atoms with Crippen molar-refractivity contribution in [3.63, 3.8) is 0 Å². The first-order valence-electron chi connectivity index (χ1n) is 6.22. The smallest absolute Gasteiger partial charge is 0.251 e. The van der Waals surface area contributed by atoms with Crippen molar-refractivity contribution in [1.82, 2.24) is 9.97 Å². The third-order valence-electron chi connectivity index (χ3n) is 3.37. The molecule has 0 saturated carbocycles. The number of nitrogens with one attached hydrogen (secondary N) is 1. The molecule has 106 valence electrons. The Morgan fingerprint density at radius 1 is 1.38 bits per heavy atom. The molecule has 1 amide bonds. The van der Waals surface area contributed by atoms with Crippen LogP contribution in [-0.2, 0) is 0 Å². The Labute approximate surface area is 124 Å². The second-order valence-electron chi connectivity index (χ2n) is 4.70. The Morgan fingerprint density at radius 3 is 2.86 bits per heavy atom. The molecule has 0 spiro atoms. The van der Waals surface area contributed by atoms with Gasteiger partial charge in [0.15, 0.2) is 0 Å². The molecule has 4 nitrogen and oxygen atoms in total. The number of pyridine rings is 1. The molecule has 0 radical (unpaired) electrons. The van der Waals surface area contributed by atoms with E-state index in [0.29, 0.717) is 16.8 Å². The number of carbonyl (C=O) groups excluding carboxylic acids is 1. The monoisotopic (exact) mass is 303 g/mol. The fourth-order valence-corrected chi connectivity index (χ4v) is 2.67. The maximum absolute atomic E-state index is 13.6. The number of carbonyl (C=O) groups is 1. The normalized spacial score (nSPS) is 11.0. The van der Waals surface area contributed by atoms with Gasteiger partial charge in [0, 0.05) is 23.0 Å². The van der Waals surface area contributed by atoms with Gasteiger partial charge in [0.1, 0.15) is 5.02 Å². The van der Waals surface area contributed by atoms with Crippen LogP contribution >= 0.6 is 11.6 Å². The van der Waals surface area contributed by atoms with E-state index >= 15 is 0 Å². The number of aryl methyl sites for hydroxylation is 1. The summed E-state index contributed by atoms with van der Waals surface area (Å²) in [6.07, 6.45) is 1.81. The van der Waals surface area contributed by atoms with Gasteiger partial charge >= 0.3 is 0 Å². The van der Waals surface area contributed by atoms with E-state index in [-0.39, 0.29) is 10.6 Å². The molecule has 2 aromatic heterocycles. The number of rotatable bonds is 2. The van der Waals surface area contributed by atoms with Crippen LogP contribution in [-0.4, -0.2) is 15.9 Å². The molecule has 3 N–H and O–H groups in total. The number of nitrogens with two attached hydrogens (primary N) is 1. The Kier molecular flexibility index (Phi) is 3.14. The molecule has 6 heteroatoms.